The molecule has 1 aliphatic heterocycles. The van der Waals surface area contributed by atoms with E-state index in [1.54, 1.807) is 32.2 Å². The van der Waals surface area contributed by atoms with E-state index in [2.05, 4.69) is 15.3 Å². The Morgan fingerprint density at radius 2 is 2.23 bits per heavy atom. The van der Waals surface area contributed by atoms with Crippen molar-refractivity contribution in [2.75, 3.05) is 11.4 Å². The van der Waals surface area contributed by atoms with Crippen LogP contribution in [-0.2, 0) is 14.3 Å². The number of hydrogen-bond donors (Lipinski definition) is 2. The third-order valence-corrected chi connectivity index (χ3v) is 3.95. The van der Waals surface area contributed by atoms with E-state index >= 15 is 0 Å². The number of nitrogens with zero attached hydrogens (tertiary/aromatic N) is 5. The zero-order chi connectivity index (χ0) is 19.1. The lowest BCUT2D eigenvalue weighted by Gasteiger charge is -2.41. The second-order valence-electron chi connectivity index (χ2n) is 6.36. The molecule has 2 N–H and O–H groups in total. The number of morpholine rings is 1. The van der Waals surface area contributed by atoms with Gasteiger partial charge in [0.25, 0.3) is 5.91 Å². The molecule has 1 aliphatic rings. The minimum Gasteiger partial charge on any atom is -0.479 e. The summed E-state index contributed by atoms with van der Waals surface area (Å²) in [5.74, 6) is -1.94. The molecule has 10 nitrogen and oxygen atoms in total. The Morgan fingerprint density at radius 3 is 2.88 bits per heavy atom. The molecular weight excluding hydrogens is 366 g/mol. The fourth-order valence-electron chi connectivity index (χ4n) is 2.63. The van der Waals surface area contributed by atoms with E-state index in [0.717, 1.165) is 0 Å². The van der Waals surface area contributed by atoms with Crippen LogP contribution in [0.5, 0.6) is 0 Å². The standard InChI is InChI=1S/C15H16ClN5O5/c1-15(2)7-20(13(23)12(26-15)11(22)14(24)25)10-3-4-21(19-10)8-5-9(16)18-17-6-8/h3-6,11-12,22H,7H2,1-2H3,(H,24,25). The largest absolute Gasteiger partial charge is 0.479 e. The first-order valence-corrected chi connectivity index (χ1v) is 8.00. The summed E-state index contributed by atoms with van der Waals surface area (Å²) in [6.45, 7) is 3.52. The Hall–Kier alpha value is -2.56. The lowest BCUT2D eigenvalue weighted by molar-refractivity contribution is -0.178. The number of aliphatic carboxylic acids is 1. The van der Waals surface area contributed by atoms with Gasteiger partial charge in [0.1, 0.15) is 0 Å². The van der Waals surface area contributed by atoms with Gasteiger partial charge in [-0.05, 0) is 13.8 Å². The van der Waals surface area contributed by atoms with Crippen LogP contribution in [0.4, 0.5) is 5.82 Å². The number of halogens is 1. The highest BCUT2D eigenvalue weighted by atomic mass is 35.5. The van der Waals surface area contributed by atoms with Crippen LogP contribution in [0.2, 0.25) is 5.15 Å². The molecule has 2 aromatic heterocycles. The fourth-order valence-corrected chi connectivity index (χ4v) is 2.78. The van der Waals surface area contributed by atoms with Crippen molar-refractivity contribution in [3.63, 3.8) is 0 Å². The fraction of sp³-hybridized carbons (Fsp3) is 0.400. The monoisotopic (exact) mass is 381 g/mol. The van der Waals surface area contributed by atoms with Gasteiger partial charge in [-0.25, -0.2) is 9.48 Å². The number of aromatic nitrogens is 4. The number of aliphatic hydroxyl groups excluding tert-OH is 1. The summed E-state index contributed by atoms with van der Waals surface area (Å²) in [7, 11) is 0. The van der Waals surface area contributed by atoms with Gasteiger partial charge in [0, 0.05) is 18.3 Å². The molecule has 11 heteroatoms. The number of carboxylic acid groups (broad SMARTS) is 1. The molecule has 1 saturated heterocycles. The molecule has 1 amide bonds. The summed E-state index contributed by atoms with van der Waals surface area (Å²) in [6.07, 6.45) is -0.459. The average molecular weight is 382 g/mol. The number of rotatable bonds is 4. The highest BCUT2D eigenvalue weighted by Gasteiger charge is 2.46. The van der Waals surface area contributed by atoms with Crippen molar-refractivity contribution in [2.24, 2.45) is 0 Å². The van der Waals surface area contributed by atoms with Gasteiger partial charge in [-0.15, -0.1) is 10.2 Å². The Morgan fingerprint density at radius 1 is 1.50 bits per heavy atom. The number of carboxylic acids is 1. The minimum absolute atomic E-state index is 0.140. The maximum absolute atomic E-state index is 12.6. The van der Waals surface area contributed by atoms with Crippen molar-refractivity contribution in [1.82, 2.24) is 20.0 Å². The van der Waals surface area contributed by atoms with Gasteiger partial charge in [-0.1, -0.05) is 11.6 Å². The first-order chi connectivity index (χ1) is 12.2. The minimum atomic E-state index is -1.98. The van der Waals surface area contributed by atoms with Gasteiger partial charge in [0.05, 0.1) is 24.0 Å². The predicted octanol–water partition coefficient (Wildman–Crippen LogP) is 0.272. The smallest absolute Gasteiger partial charge is 0.335 e. The molecule has 0 aliphatic carbocycles. The normalized spacial score (nSPS) is 20.8. The molecule has 2 aromatic rings. The van der Waals surface area contributed by atoms with Crippen LogP contribution in [-0.4, -0.2) is 66.4 Å². The second kappa shape index (κ2) is 6.63. The first kappa shape index (κ1) is 18.2. The predicted molar refractivity (Wildman–Crippen MR) is 89.1 cm³/mol. The van der Waals surface area contributed by atoms with Crippen molar-refractivity contribution in [2.45, 2.75) is 31.7 Å². The molecule has 2 atom stereocenters. The topological polar surface area (TPSA) is 131 Å². The Kier molecular flexibility index (Phi) is 4.65. The Bertz CT molecular complexity index is 854. The third kappa shape index (κ3) is 3.52. The van der Waals surface area contributed by atoms with Crippen LogP contribution in [0.3, 0.4) is 0 Å². The summed E-state index contributed by atoms with van der Waals surface area (Å²) in [4.78, 5) is 25.0. The van der Waals surface area contributed by atoms with Crippen LogP contribution in [0, 0.1) is 0 Å². The lowest BCUT2D eigenvalue weighted by atomic mass is 10.0. The van der Waals surface area contributed by atoms with Crippen molar-refractivity contribution in [1.29, 1.82) is 0 Å². The molecule has 2 unspecified atom stereocenters. The zero-order valence-corrected chi connectivity index (χ0v) is 14.7. The summed E-state index contributed by atoms with van der Waals surface area (Å²) in [5.41, 5.74) is -0.335. The van der Waals surface area contributed by atoms with E-state index in [4.69, 9.17) is 21.4 Å². The molecule has 138 valence electrons. The van der Waals surface area contributed by atoms with Crippen LogP contribution >= 0.6 is 11.6 Å². The first-order valence-electron chi connectivity index (χ1n) is 7.62. The molecule has 3 heterocycles. The van der Waals surface area contributed by atoms with E-state index in [0.29, 0.717) is 5.69 Å². The van der Waals surface area contributed by atoms with E-state index in [9.17, 15) is 14.7 Å². The summed E-state index contributed by atoms with van der Waals surface area (Å²) in [6, 6.07) is 3.13. The van der Waals surface area contributed by atoms with Crippen molar-refractivity contribution in [3.8, 4) is 5.69 Å². The summed E-state index contributed by atoms with van der Waals surface area (Å²) < 4.78 is 6.93. The van der Waals surface area contributed by atoms with E-state index < -0.39 is 29.7 Å². The van der Waals surface area contributed by atoms with Gasteiger partial charge >= 0.3 is 5.97 Å². The molecule has 1 fully saturated rings. The van der Waals surface area contributed by atoms with Gasteiger partial charge in [-0.3, -0.25) is 9.69 Å². The van der Waals surface area contributed by atoms with Gasteiger partial charge < -0.3 is 14.9 Å². The van der Waals surface area contributed by atoms with Crippen LogP contribution in [0.15, 0.2) is 24.5 Å². The van der Waals surface area contributed by atoms with E-state index in [1.165, 1.54) is 15.8 Å². The quantitative estimate of drug-likeness (QED) is 0.771. The van der Waals surface area contributed by atoms with Crippen molar-refractivity contribution < 1.29 is 24.5 Å². The number of anilines is 1. The van der Waals surface area contributed by atoms with Gasteiger partial charge in [0.15, 0.2) is 23.2 Å². The molecule has 0 saturated carbocycles. The molecule has 26 heavy (non-hydrogen) atoms. The lowest BCUT2D eigenvalue weighted by Crippen LogP contribution is -2.61. The van der Waals surface area contributed by atoms with Crippen LogP contribution in [0.25, 0.3) is 5.69 Å². The maximum atomic E-state index is 12.6. The molecule has 0 radical (unpaired) electrons. The number of carbonyl (C=O) groups is 2. The number of amides is 1. The SMILES string of the molecule is CC1(C)CN(c2ccn(-c3cnnc(Cl)c3)n2)C(=O)C(C(O)C(=O)O)O1. The molecule has 0 spiro atoms. The highest BCUT2D eigenvalue weighted by Crippen LogP contribution is 2.28. The molecular formula is C15H16ClN5O5. The number of aliphatic hydroxyl groups is 1. The Labute approximate surface area is 153 Å². The van der Waals surface area contributed by atoms with Crippen molar-refractivity contribution in [3.05, 3.63) is 29.7 Å². The maximum Gasteiger partial charge on any atom is 0.335 e. The molecule has 0 aromatic carbocycles. The number of hydrogen-bond acceptors (Lipinski definition) is 7. The average Bonchev–Trinajstić information content (AvgIpc) is 3.05. The second-order valence-corrected chi connectivity index (χ2v) is 6.75. The molecule has 3 rings (SSSR count). The van der Waals surface area contributed by atoms with Gasteiger partial charge in [0.2, 0.25) is 0 Å². The van der Waals surface area contributed by atoms with E-state index in [-0.39, 0.29) is 17.5 Å². The Balaban J connectivity index is 1.92. The van der Waals surface area contributed by atoms with Crippen molar-refractivity contribution >= 4 is 29.3 Å². The van der Waals surface area contributed by atoms with Crippen LogP contribution < -0.4 is 4.90 Å². The van der Waals surface area contributed by atoms with Crippen LogP contribution in [0.1, 0.15) is 13.8 Å². The van der Waals surface area contributed by atoms with Gasteiger partial charge in [-0.2, -0.15) is 5.10 Å². The zero-order valence-electron chi connectivity index (χ0n) is 13.9. The highest BCUT2D eigenvalue weighted by molar-refractivity contribution is 6.29. The van der Waals surface area contributed by atoms with E-state index in [1.807, 2.05) is 0 Å². The number of carbonyl (C=O) groups excluding carboxylic acids is 1. The third-order valence-electron chi connectivity index (χ3n) is 3.76. The molecule has 0 bridgehead atoms. The summed E-state index contributed by atoms with van der Waals surface area (Å²) in [5, 5.41) is 30.7. The summed E-state index contributed by atoms with van der Waals surface area (Å²) >= 11 is 5.82. The number of ether oxygens (including phenoxy) is 1.